The number of hydrogen-bond donors (Lipinski definition) is 4. The van der Waals surface area contributed by atoms with Gasteiger partial charge in [-0.25, -0.2) is 0 Å². The third kappa shape index (κ3) is 7.36. The third-order valence-electron chi connectivity index (χ3n) is 10.2. The van der Waals surface area contributed by atoms with Crippen molar-refractivity contribution in [3.05, 3.63) is 117 Å². The lowest BCUT2D eigenvalue weighted by Gasteiger charge is -2.18. The molecule has 52 heavy (non-hydrogen) atoms. The van der Waals surface area contributed by atoms with Crippen molar-refractivity contribution >= 4 is 0 Å². The van der Waals surface area contributed by atoms with Gasteiger partial charge < -0.3 is 10.6 Å². The number of benzene rings is 2. The summed E-state index contributed by atoms with van der Waals surface area (Å²) < 4.78 is 0. The van der Waals surface area contributed by atoms with Gasteiger partial charge in [-0.1, -0.05) is 52.0 Å². The number of nitrogens with zero attached hydrogens (tertiary/aromatic N) is 4. The minimum Gasteiger partial charge on any atom is -0.312 e. The Bertz CT molecular complexity index is 2020. The topological polar surface area (TPSA) is 107 Å². The van der Waals surface area contributed by atoms with Crippen molar-refractivity contribution in [2.75, 3.05) is 13.1 Å². The molecule has 0 unspecified atom stereocenters. The van der Waals surface area contributed by atoms with Crippen LogP contribution in [0.5, 0.6) is 0 Å². The van der Waals surface area contributed by atoms with E-state index in [4.69, 9.17) is 10.2 Å². The normalized spacial score (nSPS) is 13.9. The van der Waals surface area contributed by atoms with E-state index in [1.165, 1.54) is 55.6 Å². The van der Waals surface area contributed by atoms with Crippen LogP contribution in [0.15, 0.2) is 60.7 Å². The van der Waals surface area contributed by atoms with Gasteiger partial charge in [0.2, 0.25) is 0 Å². The lowest BCUT2D eigenvalue weighted by atomic mass is 9.91. The van der Waals surface area contributed by atoms with Gasteiger partial charge in [-0.3, -0.25) is 20.2 Å². The monoisotopic (exact) mass is 692 g/mol. The molecule has 6 aromatic rings. The highest BCUT2D eigenvalue weighted by atomic mass is 15.1. The van der Waals surface area contributed by atoms with E-state index in [-0.39, 0.29) is 0 Å². The summed E-state index contributed by atoms with van der Waals surface area (Å²) in [6.07, 6.45) is 2.17. The summed E-state index contributed by atoms with van der Waals surface area (Å²) in [4.78, 5) is 9.01. The largest absolute Gasteiger partial charge is 0.312 e. The second-order valence-electron chi connectivity index (χ2n) is 15.1. The molecule has 0 bridgehead atoms. The first-order valence-corrected chi connectivity index (χ1v) is 18.8. The molecule has 0 aliphatic carbocycles. The van der Waals surface area contributed by atoms with Gasteiger partial charge in [-0.15, -0.1) is 0 Å². The molecule has 0 saturated heterocycles. The highest BCUT2D eigenvalue weighted by Crippen LogP contribution is 2.38. The van der Waals surface area contributed by atoms with Gasteiger partial charge in [0.25, 0.3) is 0 Å². The zero-order chi connectivity index (χ0) is 36.5. The van der Waals surface area contributed by atoms with E-state index in [1.807, 2.05) is 27.7 Å². The molecule has 0 amide bonds. The Kier molecular flexibility index (Phi) is 10.2. The number of fused-ring (bicyclic) bond motifs is 2. The molecule has 0 saturated carbocycles. The fraction of sp³-hybridized carbons (Fsp3) is 0.364. The quantitative estimate of drug-likeness (QED) is 0.139. The van der Waals surface area contributed by atoms with E-state index in [9.17, 15) is 0 Å². The van der Waals surface area contributed by atoms with Crippen molar-refractivity contribution in [2.45, 2.75) is 93.2 Å². The number of rotatable bonds is 6. The van der Waals surface area contributed by atoms with Crippen LogP contribution < -0.4 is 10.6 Å². The standard InChI is InChI=1S/2C22H26N4/c2*1-13(2)20-21(17-5-6-18-12-23-8-7-16(18)11-17)25-26-22(20)19-9-14(3)24-15(4)10-19/h2*5-6,9-11,13,23H,7-8,12H2,1-4H3,(H,25,26). The summed E-state index contributed by atoms with van der Waals surface area (Å²) in [5.41, 5.74) is 21.5. The van der Waals surface area contributed by atoms with Gasteiger partial charge in [0.05, 0.1) is 22.8 Å². The second-order valence-corrected chi connectivity index (χ2v) is 15.1. The molecule has 0 atom stereocenters. The lowest BCUT2D eigenvalue weighted by Crippen LogP contribution is -2.23. The molecule has 0 radical (unpaired) electrons. The van der Waals surface area contributed by atoms with Gasteiger partial charge in [0.15, 0.2) is 0 Å². The second kappa shape index (κ2) is 15.0. The summed E-state index contributed by atoms with van der Waals surface area (Å²) in [5, 5.41) is 23.0. The predicted octanol–water partition coefficient (Wildman–Crippen LogP) is 9.05. The molecular formula is C44H52N8. The fourth-order valence-electron chi connectivity index (χ4n) is 7.91. The zero-order valence-corrected chi connectivity index (χ0v) is 32.0. The van der Waals surface area contributed by atoms with Crippen LogP contribution in [0.4, 0.5) is 0 Å². The maximum absolute atomic E-state index is 4.73. The average Bonchev–Trinajstić information content (AvgIpc) is 3.77. The molecular weight excluding hydrogens is 641 g/mol. The molecule has 2 aromatic carbocycles. The predicted molar refractivity (Wildman–Crippen MR) is 212 cm³/mol. The molecule has 2 aliphatic rings. The zero-order valence-electron chi connectivity index (χ0n) is 32.0. The molecule has 268 valence electrons. The summed E-state index contributed by atoms with van der Waals surface area (Å²) in [5.74, 6) is 0.760. The van der Waals surface area contributed by atoms with E-state index in [2.05, 4.69) is 119 Å². The molecule has 4 N–H and O–H groups in total. The van der Waals surface area contributed by atoms with Crippen molar-refractivity contribution < 1.29 is 0 Å². The van der Waals surface area contributed by atoms with E-state index in [0.29, 0.717) is 11.8 Å². The third-order valence-corrected chi connectivity index (χ3v) is 10.2. The number of hydrogen-bond acceptors (Lipinski definition) is 6. The van der Waals surface area contributed by atoms with Crippen LogP contribution in [0.25, 0.3) is 45.0 Å². The first kappa shape index (κ1) is 35.5. The van der Waals surface area contributed by atoms with E-state index in [0.717, 1.165) is 84.6 Å². The van der Waals surface area contributed by atoms with Gasteiger partial charge in [-0.2, -0.15) is 10.2 Å². The highest BCUT2D eigenvalue weighted by molar-refractivity contribution is 5.77. The number of nitrogens with one attached hydrogen (secondary N) is 4. The van der Waals surface area contributed by atoms with Crippen molar-refractivity contribution in [3.63, 3.8) is 0 Å². The van der Waals surface area contributed by atoms with Crippen LogP contribution in [0.1, 0.15) is 95.7 Å². The first-order chi connectivity index (χ1) is 25.0. The van der Waals surface area contributed by atoms with Crippen molar-refractivity contribution in [2.24, 2.45) is 0 Å². The number of aromatic nitrogens is 6. The number of H-pyrrole nitrogens is 2. The Morgan fingerprint density at radius 1 is 0.481 bits per heavy atom. The Balaban J connectivity index is 0.000000162. The Morgan fingerprint density at radius 2 is 0.865 bits per heavy atom. The van der Waals surface area contributed by atoms with Crippen LogP contribution in [0, 0.1) is 27.7 Å². The minimum absolute atomic E-state index is 0.380. The summed E-state index contributed by atoms with van der Waals surface area (Å²) >= 11 is 0. The lowest BCUT2D eigenvalue weighted by molar-refractivity contribution is 0.644. The van der Waals surface area contributed by atoms with Crippen LogP contribution in [0.3, 0.4) is 0 Å². The van der Waals surface area contributed by atoms with Gasteiger partial charge in [-0.05, 0) is 124 Å². The van der Waals surface area contributed by atoms with E-state index >= 15 is 0 Å². The summed E-state index contributed by atoms with van der Waals surface area (Å²) in [7, 11) is 0. The van der Waals surface area contributed by atoms with Crippen LogP contribution in [-0.4, -0.2) is 43.5 Å². The van der Waals surface area contributed by atoms with Crippen LogP contribution in [-0.2, 0) is 25.9 Å². The first-order valence-electron chi connectivity index (χ1n) is 18.8. The summed E-state index contributed by atoms with van der Waals surface area (Å²) in [6.45, 7) is 21.2. The Labute approximate surface area is 308 Å². The maximum Gasteiger partial charge on any atom is 0.0961 e. The fourth-order valence-corrected chi connectivity index (χ4v) is 7.91. The van der Waals surface area contributed by atoms with Gasteiger partial charge in [0, 0.05) is 69.2 Å². The maximum atomic E-state index is 4.73. The van der Waals surface area contributed by atoms with Crippen molar-refractivity contribution in [1.29, 1.82) is 0 Å². The molecule has 8 heteroatoms. The molecule has 6 heterocycles. The molecule has 4 aromatic heterocycles. The van der Waals surface area contributed by atoms with Gasteiger partial charge >= 0.3 is 0 Å². The van der Waals surface area contributed by atoms with E-state index in [1.54, 1.807) is 0 Å². The highest BCUT2D eigenvalue weighted by Gasteiger charge is 2.22. The van der Waals surface area contributed by atoms with Crippen molar-refractivity contribution in [3.8, 4) is 45.0 Å². The molecule has 8 rings (SSSR count). The number of pyridine rings is 2. The molecule has 2 aliphatic heterocycles. The SMILES string of the molecule is Cc1cc(-c2[nH]nc(-c3ccc4c(c3)CCNC4)c2C(C)C)cc(C)n1.Cc1cc(-c2[nH]nc(-c3ccc4c(c3)CCNC4)c2C(C)C)cc(C)n1. The van der Waals surface area contributed by atoms with Crippen molar-refractivity contribution in [1.82, 2.24) is 41.0 Å². The molecule has 0 spiro atoms. The minimum atomic E-state index is 0.380. The Hall–Kier alpha value is -4.92. The number of aromatic amines is 2. The smallest absolute Gasteiger partial charge is 0.0961 e. The van der Waals surface area contributed by atoms with Gasteiger partial charge in [0.1, 0.15) is 0 Å². The molecule has 0 fully saturated rings. The summed E-state index contributed by atoms with van der Waals surface area (Å²) in [6, 6.07) is 22.1. The van der Waals surface area contributed by atoms with Crippen LogP contribution in [0.2, 0.25) is 0 Å². The average molecular weight is 693 g/mol. The van der Waals surface area contributed by atoms with E-state index < -0.39 is 0 Å². The van der Waals surface area contributed by atoms with Crippen LogP contribution >= 0.6 is 0 Å². The molecule has 8 nitrogen and oxygen atoms in total. The Morgan fingerprint density at radius 3 is 1.23 bits per heavy atom. The number of aryl methyl sites for hydroxylation is 4.